The molecule has 0 saturated heterocycles. The number of rotatable bonds is 6. The summed E-state index contributed by atoms with van der Waals surface area (Å²) in [6.45, 7) is 0. The number of carboxylic acid groups (broad SMARTS) is 1. The maximum atomic E-state index is 12.1. The summed E-state index contributed by atoms with van der Waals surface area (Å²) in [6, 6.07) is 2.87. The fourth-order valence-corrected chi connectivity index (χ4v) is 2.90. The van der Waals surface area contributed by atoms with Crippen LogP contribution in [0.3, 0.4) is 0 Å². The molecule has 28 heavy (non-hydrogen) atoms. The van der Waals surface area contributed by atoms with Gasteiger partial charge in [0.1, 0.15) is 12.2 Å². The van der Waals surface area contributed by atoms with Gasteiger partial charge in [0.2, 0.25) is 5.75 Å². The van der Waals surface area contributed by atoms with Gasteiger partial charge in [0.05, 0.1) is 20.3 Å². The first-order valence-corrected chi connectivity index (χ1v) is 8.27. The zero-order valence-electron chi connectivity index (χ0n) is 15.2. The van der Waals surface area contributed by atoms with Crippen molar-refractivity contribution in [2.75, 3.05) is 14.2 Å². The number of benzene rings is 1. The molecule has 0 spiro atoms. The number of phenolic OH excluding ortho intramolecular Hbond substituents is 1. The quantitative estimate of drug-likeness (QED) is 0.316. The van der Waals surface area contributed by atoms with Gasteiger partial charge in [-0.25, -0.2) is 9.59 Å². The van der Waals surface area contributed by atoms with Gasteiger partial charge in [-0.05, 0) is 23.8 Å². The van der Waals surface area contributed by atoms with E-state index >= 15 is 0 Å². The molecule has 0 radical (unpaired) electrons. The van der Waals surface area contributed by atoms with E-state index in [4.69, 9.17) is 19.3 Å². The summed E-state index contributed by atoms with van der Waals surface area (Å²) in [5.41, 5.74) is -1.89. The number of hydrogen-bond donors (Lipinski definition) is 5. The third-order valence-electron chi connectivity index (χ3n) is 4.44. The second-order valence-electron chi connectivity index (χ2n) is 6.39. The molecule has 10 nitrogen and oxygen atoms in total. The number of aromatic hydroxyl groups is 1. The van der Waals surface area contributed by atoms with Crippen molar-refractivity contribution < 1.29 is 49.3 Å². The van der Waals surface area contributed by atoms with Crippen molar-refractivity contribution in [1.82, 2.24) is 0 Å². The van der Waals surface area contributed by atoms with Gasteiger partial charge in [0.25, 0.3) is 0 Å². The van der Waals surface area contributed by atoms with Crippen LogP contribution in [0.1, 0.15) is 18.4 Å². The summed E-state index contributed by atoms with van der Waals surface area (Å²) in [6.07, 6.45) is -3.35. The van der Waals surface area contributed by atoms with Gasteiger partial charge in [-0.2, -0.15) is 0 Å². The first kappa shape index (κ1) is 21.5. The lowest BCUT2D eigenvalue weighted by atomic mass is 9.79. The topological polar surface area (TPSA) is 163 Å². The van der Waals surface area contributed by atoms with Crippen molar-refractivity contribution in [2.45, 2.75) is 36.8 Å². The Morgan fingerprint density at radius 2 is 1.71 bits per heavy atom. The van der Waals surface area contributed by atoms with Crippen molar-refractivity contribution >= 4 is 18.0 Å². The number of aliphatic hydroxyl groups is 3. The van der Waals surface area contributed by atoms with Crippen LogP contribution >= 0.6 is 0 Å². The average Bonchev–Trinajstić information content (AvgIpc) is 2.64. The van der Waals surface area contributed by atoms with Crippen LogP contribution in [0.15, 0.2) is 18.2 Å². The molecule has 154 valence electrons. The highest BCUT2D eigenvalue weighted by Gasteiger charge is 2.50. The molecule has 2 rings (SSSR count). The summed E-state index contributed by atoms with van der Waals surface area (Å²) in [4.78, 5) is 23.2. The van der Waals surface area contributed by atoms with E-state index in [1.165, 1.54) is 32.4 Å². The summed E-state index contributed by atoms with van der Waals surface area (Å²) < 4.78 is 15.0. The monoisotopic (exact) mass is 398 g/mol. The summed E-state index contributed by atoms with van der Waals surface area (Å²) in [7, 11) is 2.69. The van der Waals surface area contributed by atoms with Crippen molar-refractivity contribution in [1.29, 1.82) is 0 Å². The standard InChI is InChI=1S/C18H22O10/c1-26-11-5-9(6-12(27-2)16(11)22)3-4-14(20)28-13-8-18(25,17(23)24)7-10(19)15(13)21/h3-6,10,13,15,19,21-22,25H,7-8H2,1-2H3,(H,23,24). The zero-order valence-corrected chi connectivity index (χ0v) is 15.2. The van der Waals surface area contributed by atoms with E-state index < -0.39 is 48.7 Å². The molecular formula is C18H22O10. The maximum absolute atomic E-state index is 12.1. The van der Waals surface area contributed by atoms with Crippen LogP contribution in [0.25, 0.3) is 6.08 Å². The molecule has 0 amide bonds. The zero-order chi connectivity index (χ0) is 21.1. The molecule has 1 aromatic rings. The van der Waals surface area contributed by atoms with Crippen LogP contribution in [-0.2, 0) is 14.3 Å². The van der Waals surface area contributed by atoms with Crippen molar-refractivity contribution in [3.8, 4) is 17.2 Å². The number of hydrogen-bond acceptors (Lipinski definition) is 9. The number of carbonyl (C=O) groups is 2. The van der Waals surface area contributed by atoms with Crippen molar-refractivity contribution in [3.63, 3.8) is 0 Å². The summed E-state index contributed by atoms with van der Waals surface area (Å²) in [5.74, 6) is -2.50. The highest BCUT2D eigenvalue weighted by Crippen LogP contribution is 2.37. The van der Waals surface area contributed by atoms with E-state index in [0.717, 1.165) is 6.08 Å². The average molecular weight is 398 g/mol. The number of esters is 1. The fourth-order valence-electron chi connectivity index (χ4n) is 2.90. The van der Waals surface area contributed by atoms with Crippen LogP contribution < -0.4 is 9.47 Å². The molecular weight excluding hydrogens is 376 g/mol. The van der Waals surface area contributed by atoms with Crippen LogP contribution in [0.4, 0.5) is 0 Å². The van der Waals surface area contributed by atoms with E-state index in [1.54, 1.807) is 0 Å². The molecule has 1 aromatic carbocycles. The highest BCUT2D eigenvalue weighted by atomic mass is 16.6. The molecule has 0 bridgehead atoms. The van der Waals surface area contributed by atoms with E-state index in [9.17, 15) is 30.0 Å². The van der Waals surface area contributed by atoms with Gasteiger partial charge in [0, 0.05) is 18.9 Å². The molecule has 1 fully saturated rings. The van der Waals surface area contributed by atoms with Crippen LogP contribution in [-0.4, -0.2) is 75.6 Å². The lowest BCUT2D eigenvalue weighted by molar-refractivity contribution is -0.196. The molecule has 1 aliphatic carbocycles. The first-order valence-electron chi connectivity index (χ1n) is 8.27. The molecule has 0 aliphatic heterocycles. The van der Waals surface area contributed by atoms with E-state index in [-0.39, 0.29) is 17.2 Å². The molecule has 1 saturated carbocycles. The second-order valence-corrected chi connectivity index (χ2v) is 6.39. The predicted molar refractivity (Wildman–Crippen MR) is 94.0 cm³/mol. The van der Waals surface area contributed by atoms with E-state index in [2.05, 4.69) is 0 Å². The summed E-state index contributed by atoms with van der Waals surface area (Å²) in [5, 5.41) is 48.7. The van der Waals surface area contributed by atoms with Gasteiger partial charge in [-0.1, -0.05) is 0 Å². The van der Waals surface area contributed by atoms with E-state index in [1.807, 2.05) is 0 Å². The van der Waals surface area contributed by atoms with Crippen LogP contribution in [0.2, 0.25) is 0 Å². The lowest BCUT2D eigenvalue weighted by Crippen LogP contribution is -2.57. The first-order chi connectivity index (χ1) is 13.1. The number of carbonyl (C=O) groups excluding carboxylic acids is 1. The number of aliphatic carboxylic acids is 1. The fraction of sp³-hybridized carbons (Fsp3) is 0.444. The third kappa shape index (κ3) is 4.53. The minimum absolute atomic E-state index is 0.115. The molecule has 10 heteroatoms. The Hall–Kier alpha value is -2.82. The normalized spacial score (nSPS) is 27.4. The Labute approximate surface area is 160 Å². The Morgan fingerprint density at radius 1 is 1.14 bits per heavy atom. The lowest BCUT2D eigenvalue weighted by Gasteiger charge is -2.39. The van der Waals surface area contributed by atoms with E-state index in [0.29, 0.717) is 5.56 Å². The number of phenols is 1. The minimum Gasteiger partial charge on any atom is -0.502 e. The second kappa shape index (κ2) is 8.46. The largest absolute Gasteiger partial charge is 0.502 e. The molecule has 5 N–H and O–H groups in total. The van der Waals surface area contributed by atoms with Crippen molar-refractivity contribution in [2.24, 2.45) is 0 Å². The van der Waals surface area contributed by atoms with Gasteiger partial charge in [0.15, 0.2) is 17.1 Å². The number of aliphatic hydroxyl groups excluding tert-OH is 2. The molecule has 4 atom stereocenters. The van der Waals surface area contributed by atoms with Crippen LogP contribution in [0, 0.1) is 0 Å². The third-order valence-corrected chi connectivity index (χ3v) is 4.44. The summed E-state index contributed by atoms with van der Waals surface area (Å²) >= 11 is 0. The highest BCUT2D eigenvalue weighted by molar-refractivity contribution is 5.87. The van der Waals surface area contributed by atoms with Crippen molar-refractivity contribution in [3.05, 3.63) is 23.8 Å². The molecule has 1 aliphatic rings. The van der Waals surface area contributed by atoms with Gasteiger partial charge >= 0.3 is 11.9 Å². The Morgan fingerprint density at radius 3 is 2.21 bits per heavy atom. The maximum Gasteiger partial charge on any atom is 0.335 e. The van der Waals surface area contributed by atoms with Gasteiger partial charge in [-0.3, -0.25) is 0 Å². The molecule has 4 unspecified atom stereocenters. The minimum atomic E-state index is -2.31. The molecule has 0 heterocycles. The smallest absolute Gasteiger partial charge is 0.335 e. The SMILES string of the molecule is COc1cc(C=CC(=O)OC2CC(O)(C(=O)O)CC(O)C2O)cc(OC)c1O. The Bertz CT molecular complexity index is 749. The van der Waals surface area contributed by atoms with Gasteiger partial charge in [-0.15, -0.1) is 0 Å². The molecule has 0 aromatic heterocycles. The van der Waals surface area contributed by atoms with Gasteiger partial charge < -0.3 is 39.7 Å². The Balaban J connectivity index is 2.14. The predicted octanol–water partition coefficient (Wildman–Crippen LogP) is -0.334. The Kier molecular flexibility index (Phi) is 6.49. The number of methoxy groups -OCH3 is 2. The number of carboxylic acids is 1. The van der Waals surface area contributed by atoms with Crippen LogP contribution in [0.5, 0.6) is 17.2 Å². The number of ether oxygens (including phenoxy) is 3.